The average Bonchev–Trinajstić information content (AvgIpc) is 3.27. The summed E-state index contributed by atoms with van der Waals surface area (Å²) >= 11 is 0. The van der Waals surface area contributed by atoms with Crippen LogP contribution < -0.4 is 0 Å². The van der Waals surface area contributed by atoms with E-state index >= 15 is 0 Å². The summed E-state index contributed by atoms with van der Waals surface area (Å²) in [6.45, 7) is 17.1. The molecule has 120 valence electrons. The Morgan fingerprint density at radius 2 is 0.900 bits per heavy atom. The lowest BCUT2D eigenvalue weighted by Crippen LogP contribution is -2.35. The van der Waals surface area contributed by atoms with Crippen LogP contribution in [0.3, 0.4) is 0 Å². The highest BCUT2D eigenvalue weighted by atomic mass is 14.7. The maximum absolute atomic E-state index is 2.54. The summed E-state index contributed by atoms with van der Waals surface area (Å²) in [6, 6.07) is 0. The molecule has 0 heterocycles. The van der Waals surface area contributed by atoms with E-state index in [0.717, 1.165) is 23.7 Å². The maximum atomic E-state index is 2.54. The fraction of sp³-hybridized carbons (Fsp3) is 1.00. The third-order valence-electron chi connectivity index (χ3n) is 6.76. The second-order valence-electron chi connectivity index (χ2n) is 6.77. The Kier molecular flexibility index (Phi) is 7.09. The van der Waals surface area contributed by atoms with Crippen molar-refractivity contribution in [1.82, 2.24) is 0 Å². The first-order valence-corrected chi connectivity index (χ1v) is 9.77. The van der Waals surface area contributed by atoms with Crippen LogP contribution >= 0.6 is 0 Å². The molecule has 0 N–H and O–H groups in total. The lowest BCUT2D eigenvalue weighted by molar-refractivity contribution is 0.0716. The molecular weight excluding hydrogens is 240 g/mol. The molecule has 0 nitrogen and oxygen atoms in total. The van der Waals surface area contributed by atoms with Crippen LogP contribution in [0.5, 0.6) is 0 Å². The van der Waals surface area contributed by atoms with Gasteiger partial charge in [0.15, 0.2) is 0 Å². The van der Waals surface area contributed by atoms with Gasteiger partial charge in [0.05, 0.1) is 0 Å². The van der Waals surface area contributed by atoms with Crippen molar-refractivity contribution < 1.29 is 0 Å². The van der Waals surface area contributed by atoms with Crippen molar-refractivity contribution in [2.24, 2.45) is 47.3 Å². The molecular formula is C20H40. The zero-order chi connectivity index (χ0) is 15.4. The molecule has 20 heavy (non-hydrogen) atoms. The van der Waals surface area contributed by atoms with E-state index in [9.17, 15) is 0 Å². The lowest BCUT2D eigenvalue weighted by atomic mass is 9.64. The van der Waals surface area contributed by atoms with E-state index < -0.39 is 0 Å². The molecule has 0 aromatic rings. The molecule has 0 spiro atoms. The van der Waals surface area contributed by atoms with Crippen molar-refractivity contribution in [2.75, 3.05) is 0 Å². The van der Waals surface area contributed by atoms with E-state index in [-0.39, 0.29) is 0 Å². The van der Waals surface area contributed by atoms with Gasteiger partial charge in [-0.3, -0.25) is 0 Å². The summed E-state index contributed by atoms with van der Waals surface area (Å²) in [7, 11) is 0. The second-order valence-corrected chi connectivity index (χ2v) is 6.77. The van der Waals surface area contributed by atoms with Gasteiger partial charge in [-0.2, -0.15) is 0 Å². The number of hydrogen-bond donors (Lipinski definition) is 0. The van der Waals surface area contributed by atoms with Crippen LogP contribution in [-0.4, -0.2) is 0 Å². The maximum Gasteiger partial charge on any atom is -0.0321 e. The molecule has 0 aromatic carbocycles. The summed E-state index contributed by atoms with van der Waals surface area (Å²) in [5, 5.41) is 0. The standard InChI is InChI=1S/C14H22.3C2H6/c1-7-8(2)12-6-11(7)13-9-3-4-10(5-9)14(12)13;3*1-2/h7-14H,3-6H2,1-2H3;3*1-2H3. The smallest absolute Gasteiger partial charge is 0.0321 e. The van der Waals surface area contributed by atoms with Crippen molar-refractivity contribution in [2.45, 2.75) is 81.1 Å². The van der Waals surface area contributed by atoms with E-state index in [0.29, 0.717) is 0 Å². The summed E-state index contributed by atoms with van der Waals surface area (Å²) in [6.07, 6.45) is 6.43. The van der Waals surface area contributed by atoms with Crippen LogP contribution in [0.1, 0.15) is 81.1 Å². The van der Waals surface area contributed by atoms with Gasteiger partial charge in [0.1, 0.15) is 0 Å². The highest BCUT2D eigenvalue weighted by Crippen LogP contribution is 2.70. The molecule has 0 aliphatic heterocycles. The van der Waals surface area contributed by atoms with Crippen molar-refractivity contribution in [3.8, 4) is 0 Å². The molecule has 8 atom stereocenters. The van der Waals surface area contributed by atoms with Gasteiger partial charge in [-0.25, -0.2) is 0 Å². The fourth-order valence-corrected chi connectivity index (χ4v) is 6.19. The van der Waals surface area contributed by atoms with Crippen LogP contribution in [0.2, 0.25) is 0 Å². The molecule has 0 saturated heterocycles. The summed E-state index contributed by atoms with van der Waals surface area (Å²) < 4.78 is 0. The fourth-order valence-electron chi connectivity index (χ4n) is 6.19. The summed E-state index contributed by atoms with van der Waals surface area (Å²) in [5.74, 6) is 9.16. The topological polar surface area (TPSA) is 0 Å². The quantitative estimate of drug-likeness (QED) is 0.436. The Morgan fingerprint density at radius 1 is 0.550 bits per heavy atom. The highest BCUT2D eigenvalue weighted by Gasteiger charge is 2.63. The van der Waals surface area contributed by atoms with Crippen molar-refractivity contribution >= 4 is 0 Å². The molecule has 4 rings (SSSR count). The highest BCUT2D eigenvalue weighted by molar-refractivity contribution is 5.11. The number of rotatable bonds is 0. The van der Waals surface area contributed by atoms with E-state index in [2.05, 4.69) is 13.8 Å². The Labute approximate surface area is 129 Å². The van der Waals surface area contributed by atoms with Crippen molar-refractivity contribution in [3.05, 3.63) is 0 Å². The monoisotopic (exact) mass is 280 g/mol. The largest absolute Gasteiger partial charge is 0.0683 e. The predicted octanol–water partition coefficient (Wildman–Crippen LogP) is 6.65. The second kappa shape index (κ2) is 7.85. The zero-order valence-electron chi connectivity index (χ0n) is 15.4. The van der Waals surface area contributed by atoms with Crippen LogP contribution in [0, 0.1) is 47.3 Å². The van der Waals surface area contributed by atoms with Gasteiger partial charge >= 0.3 is 0 Å². The SMILES string of the molecule is CC.CC.CC.CC1C(C)C2CC1C1C3CCC(C3)C21. The van der Waals surface area contributed by atoms with Crippen LogP contribution in [0.4, 0.5) is 0 Å². The van der Waals surface area contributed by atoms with Gasteiger partial charge in [-0.15, -0.1) is 0 Å². The normalized spacial score (nSPS) is 49.2. The Bertz CT molecular complexity index is 243. The van der Waals surface area contributed by atoms with E-state index in [1.807, 2.05) is 41.5 Å². The van der Waals surface area contributed by atoms with Gasteiger partial charge in [0.25, 0.3) is 0 Å². The Balaban J connectivity index is 0.000000300. The van der Waals surface area contributed by atoms with Gasteiger partial charge < -0.3 is 0 Å². The first-order valence-electron chi connectivity index (χ1n) is 9.77. The van der Waals surface area contributed by atoms with Gasteiger partial charge in [0, 0.05) is 0 Å². The van der Waals surface area contributed by atoms with E-state index in [4.69, 9.17) is 0 Å². The van der Waals surface area contributed by atoms with Crippen LogP contribution in [0.15, 0.2) is 0 Å². The van der Waals surface area contributed by atoms with E-state index in [1.165, 1.54) is 23.7 Å². The minimum atomic E-state index is 1.06. The molecule has 4 fully saturated rings. The summed E-state index contributed by atoms with van der Waals surface area (Å²) in [4.78, 5) is 0. The molecule has 0 aromatic heterocycles. The molecule has 0 heteroatoms. The minimum absolute atomic E-state index is 1.06. The van der Waals surface area contributed by atoms with Gasteiger partial charge in [0.2, 0.25) is 0 Å². The number of fused-ring (bicyclic) bond motifs is 9. The molecule has 4 saturated carbocycles. The molecule has 4 aliphatic rings. The Morgan fingerprint density at radius 3 is 1.25 bits per heavy atom. The third-order valence-corrected chi connectivity index (χ3v) is 6.76. The number of hydrogen-bond acceptors (Lipinski definition) is 0. The minimum Gasteiger partial charge on any atom is -0.0683 e. The first kappa shape index (κ1) is 18.1. The molecule has 4 bridgehead atoms. The van der Waals surface area contributed by atoms with Crippen molar-refractivity contribution in [1.29, 1.82) is 0 Å². The third kappa shape index (κ3) is 2.57. The molecule has 0 amide bonds. The predicted molar refractivity (Wildman–Crippen MR) is 91.8 cm³/mol. The average molecular weight is 281 g/mol. The van der Waals surface area contributed by atoms with Crippen LogP contribution in [-0.2, 0) is 0 Å². The van der Waals surface area contributed by atoms with E-state index in [1.54, 1.807) is 25.7 Å². The van der Waals surface area contributed by atoms with Gasteiger partial charge in [-0.1, -0.05) is 55.4 Å². The molecule has 4 aliphatic carbocycles. The first-order chi connectivity index (χ1) is 9.77. The molecule has 8 unspecified atom stereocenters. The lowest BCUT2D eigenvalue weighted by Gasteiger charge is -2.41. The zero-order valence-corrected chi connectivity index (χ0v) is 15.4. The van der Waals surface area contributed by atoms with Gasteiger partial charge in [-0.05, 0) is 73.0 Å². The van der Waals surface area contributed by atoms with Crippen molar-refractivity contribution in [3.63, 3.8) is 0 Å². The Hall–Kier alpha value is 0. The van der Waals surface area contributed by atoms with Crippen LogP contribution in [0.25, 0.3) is 0 Å². The summed E-state index contributed by atoms with van der Waals surface area (Å²) in [5.41, 5.74) is 0. The molecule has 0 radical (unpaired) electrons.